The van der Waals surface area contributed by atoms with Crippen LogP contribution in [0.1, 0.15) is 0 Å². The molecule has 2 aromatic heterocycles. The normalized spacial score (nSPS) is 11.1. The van der Waals surface area contributed by atoms with Gasteiger partial charge in [-0.2, -0.15) is 4.52 Å². The maximum absolute atomic E-state index is 14.4. The van der Waals surface area contributed by atoms with Crippen molar-refractivity contribution in [2.24, 2.45) is 0 Å². The first-order valence-electron chi connectivity index (χ1n) is 8.97. The quantitative estimate of drug-likeness (QED) is 0.326. The lowest BCUT2D eigenvalue weighted by Gasteiger charge is -2.08. The molecule has 0 aliphatic heterocycles. The van der Waals surface area contributed by atoms with Gasteiger partial charge in [0.25, 0.3) is 5.69 Å². The zero-order chi connectivity index (χ0) is 20.7. The van der Waals surface area contributed by atoms with Crippen LogP contribution in [-0.2, 0) is 0 Å². The van der Waals surface area contributed by atoms with Crippen LogP contribution in [0.4, 0.5) is 21.6 Å². The lowest BCUT2D eigenvalue weighted by Crippen LogP contribution is -2.02. The van der Waals surface area contributed by atoms with Crippen molar-refractivity contribution >= 4 is 33.6 Å². The maximum atomic E-state index is 14.4. The summed E-state index contributed by atoms with van der Waals surface area (Å²) >= 11 is 0. The van der Waals surface area contributed by atoms with Crippen LogP contribution >= 0.6 is 0 Å². The molecule has 0 saturated heterocycles. The zero-order valence-corrected chi connectivity index (χ0v) is 15.3. The number of nitro groups is 1. The average molecular weight is 399 g/mol. The second-order valence-corrected chi connectivity index (χ2v) is 6.49. The van der Waals surface area contributed by atoms with Crippen LogP contribution in [0.15, 0.2) is 72.8 Å². The van der Waals surface area contributed by atoms with Crippen LogP contribution in [0.5, 0.6) is 0 Å². The molecule has 0 aliphatic rings. The fourth-order valence-electron chi connectivity index (χ4n) is 3.23. The summed E-state index contributed by atoms with van der Waals surface area (Å²) in [5, 5.41) is 29.8. The van der Waals surface area contributed by atoms with E-state index < -0.39 is 10.7 Å². The molecule has 0 atom stereocenters. The van der Waals surface area contributed by atoms with E-state index in [0.29, 0.717) is 17.2 Å². The first-order valence-corrected chi connectivity index (χ1v) is 8.97. The van der Waals surface area contributed by atoms with Gasteiger partial charge >= 0.3 is 0 Å². The second kappa shape index (κ2) is 6.89. The Labute approximate surface area is 168 Å². The summed E-state index contributed by atoms with van der Waals surface area (Å²) in [7, 11) is 0. The summed E-state index contributed by atoms with van der Waals surface area (Å²) in [6.45, 7) is 0. The molecule has 5 rings (SSSR count). The third-order valence-corrected chi connectivity index (χ3v) is 4.65. The van der Waals surface area contributed by atoms with E-state index in [1.165, 1.54) is 22.7 Å². The topological polar surface area (TPSA) is 100 Å². The molecular formula is C21H12FN6O2. The molecule has 0 fully saturated rings. The van der Waals surface area contributed by atoms with E-state index in [2.05, 4.69) is 20.6 Å². The minimum atomic E-state index is -0.471. The first kappa shape index (κ1) is 17.7. The zero-order valence-electron chi connectivity index (χ0n) is 15.3. The van der Waals surface area contributed by atoms with Crippen molar-refractivity contribution in [1.82, 2.24) is 25.1 Å². The summed E-state index contributed by atoms with van der Waals surface area (Å²) in [6, 6.07) is 19.5. The predicted octanol–water partition coefficient (Wildman–Crippen LogP) is 4.56. The minimum Gasteiger partial charge on any atom is -0.258 e. The fourth-order valence-corrected chi connectivity index (χ4v) is 3.23. The molecule has 0 unspecified atom stereocenters. The number of hydrogen-bond donors (Lipinski definition) is 0. The van der Waals surface area contributed by atoms with E-state index in [4.69, 9.17) is 0 Å². The summed E-state index contributed by atoms with van der Waals surface area (Å²) in [5.41, 5.74) is 1.22. The van der Waals surface area contributed by atoms with Gasteiger partial charge in [-0.25, -0.2) is 9.71 Å². The van der Waals surface area contributed by atoms with Gasteiger partial charge in [-0.1, -0.05) is 36.4 Å². The van der Waals surface area contributed by atoms with Crippen molar-refractivity contribution < 1.29 is 9.31 Å². The molecule has 1 radical (unpaired) electrons. The number of nitrogens with zero attached hydrogens (tertiary/aromatic N) is 6. The highest BCUT2D eigenvalue weighted by Crippen LogP contribution is 2.30. The Morgan fingerprint density at radius 2 is 1.60 bits per heavy atom. The SMILES string of the molecule is O=[N+]([O-])c1ccc([N]c2nn3c(-c4ccccc4F)nnc3c3ccccc23)cc1. The molecule has 0 saturated carbocycles. The van der Waals surface area contributed by atoms with Crippen molar-refractivity contribution in [2.45, 2.75) is 0 Å². The van der Waals surface area contributed by atoms with Gasteiger partial charge in [-0.3, -0.25) is 10.1 Å². The highest BCUT2D eigenvalue weighted by Gasteiger charge is 2.18. The van der Waals surface area contributed by atoms with E-state index in [-0.39, 0.29) is 17.1 Å². The highest BCUT2D eigenvalue weighted by atomic mass is 19.1. The molecule has 0 spiro atoms. The maximum Gasteiger partial charge on any atom is 0.269 e. The standard InChI is InChI=1S/C21H12FN6O2/c22-18-8-4-3-7-17(18)21-25-24-20-16-6-2-1-5-15(16)19(26-27(20)21)23-13-9-11-14(12-10-13)28(29)30/h1-12H. The van der Waals surface area contributed by atoms with Crippen LogP contribution in [0, 0.1) is 15.9 Å². The van der Waals surface area contributed by atoms with Crippen LogP contribution in [0.2, 0.25) is 0 Å². The number of nitro benzene ring substituents is 1. The van der Waals surface area contributed by atoms with Crippen molar-refractivity contribution in [3.8, 4) is 11.4 Å². The van der Waals surface area contributed by atoms with Gasteiger partial charge in [0.1, 0.15) is 5.82 Å². The second-order valence-electron chi connectivity index (χ2n) is 6.49. The summed E-state index contributed by atoms with van der Waals surface area (Å²) in [4.78, 5) is 10.4. The molecule has 5 aromatic rings. The Balaban J connectivity index is 1.69. The van der Waals surface area contributed by atoms with Gasteiger partial charge in [0.15, 0.2) is 17.3 Å². The summed E-state index contributed by atoms with van der Waals surface area (Å²) in [5.74, 6) is 0.189. The van der Waals surface area contributed by atoms with E-state index in [1.54, 1.807) is 30.3 Å². The smallest absolute Gasteiger partial charge is 0.258 e. The molecule has 0 N–H and O–H groups in total. The third-order valence-electron chi connectivity index (χ3n) is 4.65. The monoisotopic (exact) mass is 399 g/mol. The Bertz CT molecular complexity index is 1410. The molecule has 0 bridgehead atoms. The van der Waals surface area contributed by atoms with Gasteiger partial charge in [-0.05, 0) is 24.3 Å². The van der Waals surface area contributed by atoms with Crippen LogP contribution in [-0.4, -0.2) is 24.7 Å². The largest absolute Gasteiger partial charge is 0.269 e. The van der Waals surface area contributed by atoms with Crippen LogP contribution in [0.3, 0.4) is 0 Å². The van der Waals surface area contributed by atoms with Crippen molar-refractivity contribution in [3.63, 3.8) is 0 Å². The van der Waals surface area contributed by atoms with Gasteiger partial charge in [0, 0.05) is 22.9 Å². The van der Waals surface area contributed by atoms with Crippen molar-refractivity contribution in [1.29, 1.82) is 0 Å². The number of benzene rings is 3. The van der Waals surface area contributed by atoms with Crippen LogP contribution in [0.25, 0.3) is 27.8 Å². The molecule has 0 amide bonds. The number of hydrogen-bond acceptors (Lipinski definition) is 5. The Morgan fingerprint density at radius 3 is 2.33 bits per heavy atom. The lowest BCUT2D eigenvalue weighted by molar-refractivity contribution is -0.384. The number of fused-ring (bicyclic) bond motifs is 3. The minimum absolute atomic E-state index is 0.0251. The van der Waals surface area contributed by atoms with E-state index >= 15 is 0 Å². The van der Waals surface area contributed by atoms with Gasteiger partial charge in [0.05, 0.1) is 16.2 Å². The first-order chi connectivity index (χ1) is 14.6. The molecule has 2 heterocycles. The molecule has 145 valence electrons. The number of halogens is 1. The number of aromatic nitrogens is 4. The lowest BCUT2D eigenvalue weighted by atomic mass is 10.1. The van der Waals surface area contributed by atoms with E-state index in [1.807, 2.05) is 24.3 Å². The molecule has 3 aromatic carbocycles. The highest BCUT2D eigenvalue weighted by molar-refractivity contribution is 5.99. The fraction of sp³-hybridized carbons (Fsp3) is 0. The van der Waals surface area contributed by atoms with Crippen molar-refractivity contribution in [2.75, 3.05) is 0 Å². The number of rotatable bonds is 4. The van der Waals surface area contributed by atoms with Gasteiger partial charge in [-0.15, -0.1) is 15.3 Å². The Morgan fingerprint density at radius 1 is 0.900 bits per heavy atom. The predicted molar refractivity (Wildman–Crippen MR) is 108 cm³/mol. The summed E-state index contributed by atoms with van der Waals surface area (Å²) < 4.78 is 15.8. The molecular weight excluding hydrogens is 387 g/mol. The number of non-ortho nitro benzene ring substituents is 1. The van der Waals surface area contributed by atoms with Gasteiger partial charge < -0.3 is 0 Å². The third kappa shape index (κ3) is 2.89. The van der Waals surface area contributed by atoms with Crippen molar-refractivity contribution in [3.05, 3.63) is 88.7 Å². The molecule has 0 aliphatic carbocycles. The molecule has 30 heavy (non-hydrogen) atoms. The van der Waals surface area contributed by atoms with Gasteiger partial charge in [0.2, 0.25) is 0 Å². The summed E-state index contributed by atoms with van der Waals surface area (Å²) in [6.07, 6.45) is 0. The Kier molecular flexibility index (Phi) is 4.06. The van der Waals surface area contributed by atoms with E-state index in [0.717, 1.165) is 10.8 Å². The molecule has 8 nitrogen and oxygen atoms in total. The van der Waals surface area contributed by atoms with E-state index in [9.17, 15) is 14.5 Å². The Hall–Kier alpha value is -4.40. The average Bonchev–Trinajstić information content (AvgIpc) is 3.18. The molecule has 9 heteroatoms. The van der Waals surface area contributed by atoms with Crippen LogP contribution < -0.4 is 5.32 Å².